The van der Waals surface area contributed by atoms with Crippen LogP contribution in [-0.2, 0) is 46.9 Å². The molecule has 0 radical (unpaired) electrons. The molecule has 4 aliphatic rings. The van der Waals surface area contributed by atoms with Crippen molar-refractivity contribution in [3.05, 3.63) is 35.4 Å². The number of fused-ring (bicyclic) bond motifs is 1. The van der Waals surface area contributed by atoms with E-state index in [4.69, 9.17) is 4.74 Å². The van der Waals surface area contributed by atoms with Gasteiger partial charge in [0.05, 0.1) is 18.8 Å². The fourth-order valence-corrected chi connectivity index (χ4v) is 8.74. The highest BCUT2D eigenvalue weighted by Gasteiger charge is 2.50. The van der Waals surface area contributed by atoms with Crippen LogP contribution in [0.15, 0.2) is 24.3 Å². The summed E-state index contributed by atoms with van der Waals surface area (Å²) in [6.45, 7) is 10.1. The first-order valence-electron chi connectivity index (χ1n) is 21.2. The van der Waals surface area contributed by atoms with Gasteiger partial charge in [-0.2, -0.15) is 0 Å². The zero-order chi connectivity index (χ0) is 43.3. The van der Waals surface area contributed by atoms with Crippen molar-refractivity contribution >= 4 is 45.7 Å². The number of hydrogen-bond donors (Lipinski definition) is 4. The summed E-state index contributed by atoms with van der Waals surface area (Å²) in [5.74, 6) is -2.74. The quantitative estimate of drug-likeness (QED) is 0.191. The average Bonchev–Trinajstić information content (AvgIpc) is 3.90. The fraction of sp³-hybridized carbons (Fsp3) is 0.714. The number of likely N-dealkylation sites (N-methyl/N-ethyl adjacent to an activating group) is 1. The van der Waals surface area contributed by atoms with Crippen LogP contribution in [-0.4, -0.2) is 127 Å². The van der Waals surface area contributed by atoms with Crippen LogP contribution in [0.2, 0.25) is 0 Å². The van der Waals surface area contributed by atoms with Crippen LogP contribution in [0.3, 0.4) is 0 Å². The van der Waals surface area contributed by atoms with Gasteiger partial charge in [-0.15, -0.1) is 0 Å². The molecule has 16 nitrogen and oxygen atoms in total. The maximum absolute atomic E-state index is 15.1. The van der Waals surface area contributed by atoms with Gasteiger partial charge in [0.2, 0.25) is 27.6 Å². The van der Waals surface area contributed by atoms with Crippen LogP contribution in [0.4, 0.5) is 9.59 Å². The van der Waals surface area contributed by atoms with E-state index in [1.807, 2.05) is 58.9 Å². The van der Waals surface area contributed by atoms with Crippen LogP contribution in [0.25, 0.3) is 0 Å². The average molecular weight is 844 g/mol. The first kappa shape index (κ1) is 45.8. The molecule has 0 spiro atoms. The zero-order valence-electron chi connectivity index (χ0n) is 35.8. The number of carbonyl (C=O) groups excluding carboxylic acids is 6. The van der Waals surface area contributed by atoms with Gasteiger partial charge in [0, 0.05) is 45.2 Å². The van der Waals surface area contributed by atoms with Crippen LogP contribution in [0.1, 0.15) is 110 Å². The number of nitrogens with zero attached hydrogens (tertiary/aromatic N) is 3. The molecule has 2 aliphatic carbocycles. The van der Waals surface area contributed by atoms with Crippen molar-refractivity contribution in [2.45, 2.75) is 148 Å². The molecule has 2 saturated carbocycles. The van der Waals surface area contributed by atoms with Gasteiger partial charge in [-0.05, 0) is 60.5 Å². The Bertz CT molecular complexity index is 1840. The Morgan fingerprint density at radius 3 is 2.25 bits per heavy atom. The highest BCUT2D eigenvalue weighted by Crippen LogP contribution is 2.40. The standard InChI is InChI=1S/C42H65N7O9S/c1-8-14-31(34(50)37(52)43-29-17-18-29)44-36(51)32-23-30(58-40(55)48-22-19-27-15-10-11-16-28(27)24-48)25-49(32)38(53)35(42(5)20-12-9-13-21-42)46-39(54)45-33(41(2,3)4)26-47(6)59(7,56)57/h10-11,15-16,29-33,35H,8-9,12-14,17-26H2,1-7H3,(H,43,52)(H,44,51)(H2,45,46,54)/t30-,31?,32+,33-,35-/m1/s1. The predicted octanol–water partition coefficient (Wildman–Crippen LogP) is 3.23. The summed E-state index contributed by atoms with van der Waals surface area (Å²) < 4.78 is 31.8. The Balaban J connectivity index is 1.41. The molecule has 1 aromatic rings. The molecule has 1 aromatic carbocycles. The largest absolute Gasteiger partial charge is 0.444 e. The molecule has 328 valence electrons. The SMILES string of the molecule is CCCC(NC(=O)[C@@H]1C[C@@H](OC(=O)N2CCc3ccccc3C2)CN1C(=O)[C@@H](NC(=O)N[C@H](CN(C)S(C)(=O)=O)C(C)(C)C)C1(C)CCCCC1)C(=O)C(=O)NC1CC1. The lowest BCUT2D eigenvalue weighted by Crippen LogP contribution is -2.63. The predicted molar refractivity (Wildman–Crippen MR) is 221 cm³/mol. The lowest BCUT2D eigenvalue weighted by molar-refractivity contribution is -0.144. The number of benzene rings is 1. The van der Waals surface area contributed by atoms with Crippen molar-refractivity contribution in [1.29, 1.82) is 0 Å². The Morgan fingerprint density at radius 1 is 0.983 bits per heavy atom. The third-order valence-electron chi connectivity index (χ3n) is 12.4. The van der Waals surface area contributed by atoms with E-state index in [9.17, 15) is 32.4 Å². The third-order valence-corrected chi connectivity index (χ3v) is 13.7. The summed E-state index contributed by atoms with van der Waals surface area (Å²) in [4.78, 5) is 86.1. The van der Waals surface area contributed by atoms with Gasteiger partial charge in [-0.25, -0.2) is 22.3 Å². The van der Waals surface area contributed by atoms with Crippen LogP contribution in [0, 0.1) is 10.8 Å². The second kappa shape index (κ2) is 19.0. The van der Waals surface area contributed by atoms with Crippen LogP contribution in [0.5, 0.6) is 0 Å². The molecular weight excluding hydrogens is 779 g/mol. The van der Waals surface area contributed by atoms with E-state index in [1.165, 1.54) is 11.9 Å². The molecular formula is C42H65N7O9S. The number of urea groups is 1. The number of nitrogens with one attached hydrogen (secondary N) is 4. The first-order valence-corrected chi connectivity index (χ1v) is 23.0. The molecule has 6 amide bonds. The van der Waals surface area contributed by atoms with Crippen molar-refractivity contribution in [3.8, 4) is 0 Å². The molecule has 2 heterocycles. The van der Waals surface area contributed by atoms with Gasteiger partial charge < -0.3 is 35.8 Å². The number of amides is 6. The topological polar surface area (TPSA) is 204 Å². The summed E-state index contributed by atoms with van der Waals surface area (Å²) in [6.07, 6.45) is 6.32. The maximum atomic E-state index is 15.1. The second-order valence-electron chi connectivity index (χ2n) is 18.4. The lowest BCUT2D eigenvalue weighted by Gasteiger charge is -2.43. The van der Waals surface area contributed by atoms with E-state index in [0.29, 0.717) is 38.8 Å². The molecule has 59 heavy (non-hydrogen) atoms. The van der Waals surface area contributed by atoms with Crippen molar-refractivity contribution in [2.24, 2.45) is 10.8 Å². The Kier molecular flexibility index (Phi) is 14.7. The Morgan fingerprint density at radius 2 is 1.64 bits per heavy atom. The minimum atomic E-state index is -3.56. The summed E-state index contributed by atoms with van der Waals surface area (Å²) in [7, 11) is -2.12. The van der Waals surface area contributed by atoms with Crippen molar-refractivity contribution in [1.82, 2.24) is 35.4 Å². The number of Topliss-reactive ketones (excluding diaryl/α,β-unsaturated/α-hetero) is 1. The molecule has 5 atom stereocenters. The third kappa shape index (κ3) is 12.0. The molecule has 1 saturated heterocycles. The molecule has 17 heteroatoms. The molecule has 0 bridgehead atoms. The van der Waals surface area contributed by atoms with Crippen LogP contribution >= 0.6 is 0 Å². The monoisotopic (exact) mass is 843 g/mol. The van der Waals surface area contributed by atoms with Crippen molar-refractivity contribution in [3.63, 3.8) is 0 Å². The van der Waals surface area contributed by atoms with Gasteiger partial charge in [0.25, 0.3) is 5.91 Å². The smallest absolute Gasteiger partial charge is 0.410 e. The molecule has 1 unspecified atom stereocenters. The van der Waals surface area contributed by atoms with Crippen molar-refractivity contribution in [2.75, 3.05) is 32.9 Å². The van der Waals surface area contributed by atoms with Gasteiger partial charge in [-0.3, -0.25) is 19.2 Å². The molecule has 5 rings (SSSR count). The van der Waals surface area contributed by atoms with E-state index in [1.54, 1.807) is 4.90 Å². The normalized spacial score (nSPS) is 22.0. The Hall–Kier alpha value is -4.25. The van der Waals surface area contributed by atoms with Crippen molar-refractivity contribution < 1.29 is 41.9 Å². The first-order chi connectivity index (χ1) is 27.7. The minimum Gasteiger partial charge on any atom is -0.444 e. The Labute approximate surface area is 349 Å². The number of ether oxygens (including phenoxy) is 1. The van der Waals surface area contributed by atoms with E-state index in [2.05, 4.69) is 21.3 Å². The summed E-state index contributed by atoms with van der Waals surface area (Å²) in [5.41, 5.74) is 0.880. The number of hydrogen-bond acceptors (Lipinski definition) is 9. The molecule has 3 fully saturated rings. The molecule has 2 aliphatic heterocycles. The highest BCUT2D eigenvalue weighted by atomic mass is 32.2. The fourth-order valence-electron chi connectivity index (χ4n) is 8.32. The summed E-state index contributed by atoms with van der Waals surface area (Å²) in [6, 6.07) is 3.07. The summed E-state index contributed by atoms with van der Waals surface area (Å²) >= 11 is 0. The van der Waals surface area contributed by atoms with Gasteiger partial charge in [0.1, 0.15) is 18.2 Å². The van der Waals surface area contributed by atoms with E-state index >= 15 is 4.79 Å². The van der Waals surface area contributed by atoms with Crippen LogP contribution < -0.4 is 21.3 Å². The lowest BCUT2D eigenvalue weighted by atomic mass is 9.70. The molecule has 0 aromatic heterocycles. The van der Waals surface area contributed by atoms with Gasteiger partial charge in [-0.1, -0.05) is 84.6 Å². The minimum absolute atomic E-state index is 0.00796. The van der Waals surface area contributed by atoms with E-state index < -0.39 is 86.8 Å². The summed E-state index contributed by atoms with van der Waals surface area (Å²) in [5, 5.41) is 11.3. The van der Waals surface area contributed by atoms with Gasteiger partial charge in [0.15, 0.2) is 0 Å². The number of carbonyl (C=O) groups is 6. The maximum Gasteiger partial charge on any atom is 0.410 e. The van der Waals surface area contributed by atoms with E-state index in [0.717, 1.165) is 53.8 Å². The second-order valence-corrected chi connectivity index (χ2v) is 20.5. The molecule has 4 N–H and O–H groups in total. The number of sulfonamides is 1. The van der Waals surface area contributed by atoms with E-state index in [-0.39, 0.29) is 32.0 Å². The number of likely N-dealkylation sites (tertiary alicyclic amines) is 1. The number of ketones is 1. The van der Waals surface area contributed by atoms with Gasteiger partial charge >= 0.3 is 12.1 Å². The zero-order valence-corrected chi connectivity index (χ0v) is 36.6. The highest BCUT2D eigenvalue weighted by molar-refractivity contribution is 7.88. The number of rotatable bonds is 15.